The molecule has 1 atom stereocenters. The van der Waals surface area contributed by atoms with Crippen LogP contribution in [0.25, 0.3) is 0 Å². The largest absolute Gasteiger partial charge is 0.379 e. The first-order valence-electron chi connectivity index (χ1n) is 20.5. The van der Waals surface area contributed by atoms with E-state index in [4.69, 9.17) is 37.9 Å². The lowest BCUT2D eigenvalue weighted by atomic mass is 9.97. The zero-order valence-electron chi connectivity index (χ0n) is 35.3. The standard InChI is InChI=1S/C40H64BN5O14/c1-31(2)39(40(52)43-30-36(49)44-33-5-3-32(29-41)4-6-33)45-35(48)10-13-53-15-17-55-19-21-57-23-25-59-27-28-60-26-24-58-22-20-56-18-16-54-14-11-42-34(47)9-12-46-37(50)7-8-38(46)51/h3-8,31,39H,9-30,41H2,1-2H3,(H,42,47)(H,43,52)(H,44,49)(H,45,48). The zero-order valence-corrected chi connectivity index (χ0v) is 35.3. The molecule has 0 fully saturated rings. The van der Waals surface area contributed by atoms with Crippen molar-refractivity contribution in [1.82, 2.24) is 20.9 Å². The van der Waals surface area contributed by atoms with Gasteiger partial charge in [-0.25, -0.2) is 0 Å². The second-order valence-electron chi connectivity index (χ2n) is 13.5. The van der Waals surface area contributed by atoms with E-state index < -0.39 is 23.8 Å². The van der Waals surface area contributed by atoms with Gasteiger partial charge in [0.1, 0.15) is 13.9 Å². The van der Waals surface area contributed by atoms with Crippen LogP contribution in [0.4, 0.5) is 5.69 Å². The Morgan fingerprint density at radius 1 is 0.583 bits per heavy atom. The average Bonchev–Trinajstić information content (AvgIpc) is 3.56. The van der Waals surface area contributed by atoms with Gasteiger partial charge in [-0.2, -0.15) is 0 Å². The Kier molecular flexibility index (Phi) is 28.9. The first kappa shape index (κ1) is 51.9. The minimum atomic E-state index is -0.787. The molecule has 336 valence electrons. The predicted octanol–water partition coefficient (Wildman–Crippen LogP) is -1.03. The molecule has 20 heteroatoms. The molecule has 1 aliphatic rings. The van der Waals surface area contributed by atoms with Gasteiger partial charge in [-0.05, 0) is 18.1 Å². The maximum absolute atomic E-state index is 12.7. The smallest absolute Gasteiger partial charge is 0.253 e. The molecule has 1 aromatic carbocycles. The van der Waals surface area contributed by atoms with Gasteiger partial charge in [-0.15, -0.1) is 0 Å². The van der Waals surface area contributed by atoms with Crippen molar-refractivity contribution >= 4 is 49.0 Å². The quantitative estimate of drug-likeness (QED) is 0.0357. The van der Waals surface area contributed by atoms with E-state index in [1.807, 2.05) is 46.0 Å². The predicted molar refractivity (Wildman–Crippen MR) is 222 cm³/mol. The van der Waals surface area contributed by atoms with Crippen LogP contribution in [0.5, 0.6) is 0 Å². The fraction of sp³-hybridized carbons (Fsp3) is 0.650. The summed E-state index contributed by atoms with van der Waals surface area (Å²) in [5.41, 5.74) is 1.80. The van der Waals surface area contributed by atoms with Crippen molar-refractivity contribution in [2.75, 3.05) is 131 Å². The van der Waals surface area contributed by atoms with Crippen LogP contribution < -0.4 is 21.3 Å². The minimum absolute atomic E-state index is 0.0399. The number of rotatable bonds is 37. The van der Waals surface area contributed by atoms with Crippen molar-refractivity contribution in [1.29, 1.82) is 0 Å². The Morgan fingerprint density at radius 2 is 1.03 bits per heavy atom. The normalized spacial score (nSPS) is 12.9. The molecule has 0 saturated carbocycles. The Morgan fingerprint density at radius 3 is 1.48 bits per heavy atom. The van der Waals surface area contributed by atoms with Gasteiger partial charge in [-0.1, -0.05) is 37.9 Å². The van der Waals surface area contributed by atoms with Gasteiger partial charge >= 0.3 is 0 Å². The van der Waals surface area contributed by atoms with Crippen LogP contribution in [-0.4, -0.2) is 180 Å². The molecule has 1 heterocycles. The van der Waals surface area contributed by atoms with Gasteiger partial charge < -0.3 is 59.2 Å². The Hall–Kier alpha value is -4.28. The van der Waals surface area contributed by atoms with E-state index in [0.717, 1.165) is 16.8 Å². The summed E-state index contributed by atoms with van der Waals surface area (Å²) < 4.78 is 43.7. The number of ether oxygens (including phenoxy) is 8. The van der Waals surface area contributed by atoms with Crippen LogP contribution in [-0.2, 0) is 73.0 Å². The molecule has 6 amide bonds. The van der Waals surface area contributed by atoms with Gasteiger partial charge in [0.15, 0.2) is 0 Å². The van der Waals surface area contributed by atoms with Crippen molar-refractivity contribution in [2.24, 2.45) is 5.92 Å². The molecule has 19 nitrogen and oxygen atoms in total. The highest BCUT2D eigenvalue weighted by molar-refractivity contribution is 6.13. The van der Waals surface area contributed by atoms with E-state index in [1.165, 1.54) is 12.2 Å². The minimum Gasteiger partial charge on any atom is -0.379 e. The molecule has 2 rings (SSSR count). The Balaban J connectivity index is 1.27. The van der Waals surface area contributed by atoms with Crippen LogP contribution >= 0.6 is 0 Å². The van der Waals surface area contributed by atoms with Gasteiger partial charge in [0.25, 0.3) is 11.8 Å². The number of amides is 6. The summed E-state index contributed by atoms with van der Waals surface area (Å²) in [7, 11) is 2.05. The first-order valence-corrected chi connectivity index (χ1v) is 20.5. The number of hydrogen-bond donors (Lipinski definition) is 4. The molecule has 1 aliphatic heterocycles. The monoisotopic (exact) mass is 849 g/mol. The van der Waals surface area contributed by atoms with Crippen molar-refractivity contribution in [3.63, 3.8) is 0 Å². The summed E-state index contributed by atoms with van der Waals surface area (Å²) in [5, 5.41) is 10.7. The lowest BCUT2D eigenvalue weighted by molar-refractivity contribution is -0.137. The van der Waals surface area contributed by atoms with E-state index in [0.29, 0.717) is 111 Å². The fourth-order valence-corrected chi connectivity index (χ4v) is 5.11. The molecule has 0 aliphatic carbocycles. The highest BCUT2D eigenvalue weighted by atomic mass is 16.6. The molecule has 0 radical (unpaired) electrons. The summed E-state index contributed by atoms with van der Waals surface area (Å²) in [5.74, 6) is -2.38. The van der Waals surface area contributed by atoms with Crippen LogP contribution in [0.2, 0.25) is 0 Å². The number of hydrogen-bond acceptors (Lipinski definition) is 14. The number of carbonyl (C=O) groups is 6. The molecule has 0 bridgehead atoms. The van der Waals surface area contributed by atoms with Crippen molar-refractivity contribution in [2.45, 2.75) is 39.1 Å². The summed E-state index contributed by atoms with van der Waals surface area (Å²) >= 11 is 0. The first-order chi connectivity index (χ1) is 29.1. The van der Waals surface area contributed by atoms with E-state index in [2.05, 4.69) is 21.3 Å². The molecule has 0 aromatic heterocycles. The van der Waals surface area contributed by atoms with Crippen LogP contribution in [0.15, 0.2) is 36.4 Å². The van der Waals surface area contributed by atoms with Gasteiger partial charge in [0.05, 0.1) is 112 Å². The van der Waals surface area contributed by atoms with E-state index in [-0.39, 0.29) is 56.2 Å². The topological polar surface area (TPSA) is 228 Å². The zero-order chi connectivity index (χ0) is 43.6. The average molecular weight is 850 g/mol. The third-order valence-corrected chi connectivity index (χ3v) is 8.44. The highest BCUT2D eigenvalue weighted by Crippen LogP contribution is 2.09. The fourth-order valence-electron chi connectivity index (χ4n) is 5.11. The molecular formula is C40H64BN5O14. The molecule has 1 aromatic rings. The Labute approximate surface area is 353 Å². The van der Waals surface area contributed by atoms with Gasteiger partial charge in [0.2, 0.25) is 23.6 Å². The third-order valence-electron chi connectivity index (χ3n) is 8.44. The second-order valence-corrected chi connectivity index (χ2v) is 13.5. The molecule has 4 N–H and O–H groups in total. The van der Waals surface area contributed by atoms with Gasteiger partial charge in [0, 0.05) is 43.8 Å². The van der Waals surface area contributed by atoms with E-state index in [1.54, 1.807) is 0 Å². The second kappa shape index (κ2) is 33.4. The van der Waals surface area contributed by atoms with Crippen LogP contribution in [0.1, 0.15) is 32.3 Å². The molecule has 0 saturated heterocycles. The summed E-state index contributed by atoms with van der Waals surface area (Å²) in [6.07, 6.45) is 3.39. The van der Waals surface area contributed by atoms with Crippen molar-refractivity contribution in [3.05, 3.63) is 42.0 Å². The molecule has 60 heavy (non-hydrogen) atoms. The number of nitrogens with zero attached hydrogens (tertiary/aromatic N) is 1. The van der Waals surface area contributed by atoms with E-state index in [9.17, 15) is 28.8 Å². The third kappa shape index (κ3) is 25.4. The summed E-state index contributed by atoms with van der Waals surface area (Å²) in [6.45, 7) is 9.85. The van der Waals surface area contributed by atoms with Crippen molar-refractivity contribution in [3.8, 4) is 0 Å². The summed E-state index contributed by atoms with van der Waals surface area (Å²) in [4.78, 5) is 73.2. The number of anilines is 1. The maximum atomic E-state index is 12.7. The SMILES string of the molecule is BCc1ccc(NC(=O)CNC(=O)C(NC(=O)CCOCCOCCOCCOCCOCCOCCOCCOCCNC(=O)CCN2C(=O)C=CC2=O)C(C)C)cc1. The summed E-state index contributed by atoms with van der Waals surface area (Å²) in [6, 6.07) is 6.70. The van der Waals surface area contributed by atoms with Crippen LogP contribution in [0, 0.1) is 5.92 Å². The molecular weight excluding hydrogens is 785 g/mol. The van der Waals surface area contributed by atoms with Crippen molar-refractivity contribution < 1.29 is 66.7 Å². The number of nitrogens with one attached hydrogen (secondary N) is 4. The number of imide groups is 1. The lowest BCUT2D eigenvalue weighted by Crippen LogP contribution is -2.51. The lowest BCUT2D eigenvalue weighted by Gasteiger charge is -2.21. The number of carbonyl (C=O) groups excluding carboxylic acids is 6. The van der Waals surface area contributed by atoms with Gasteiger partial charge in [-0.3, -0.25) is 33.7 Å². The number of benzene rings is 1. The maximum Gasteiger partial charge on any atom is 0.253 e. The van der Waals surface area contributed by atoms with Crippen LogP contribution in [0.3, 0.4) is 0 Å². The molecule has 1 unspecified atom stereocenters. The van der Waals surface area contributed by atoms with E-state index >= 15 is 0 Å². The Bertz CT molecular complexity index is 1420. The highest BCUT2D eigenvalue weighted by Gasteiger charge is 2.25. The molecule has 0 spiro atoms.